The third kappa shape index (κ3) is 4.98. The van der Waals surface area contributed by atoms with E-state index >= 15 is 0 Å². The van der Waals surface area contributed by atoms with Crippen LogP contribution in [-0.4, -0.2) is 41.6 Å². The Morgan fingerprint density at radius 1 is 1.25 bits per heavy atom. The molecular weight excluding hydrogens is 452 g/mol. The molecule has 0 saturated heterocycles. The molecular formula is C29H38N4O3. The summed E-state index contributed by atoms with van der Waals surface area (Å²) in [6.45, 7) is 11.8. The summed E-state index contributed by atoms with van der Waals surface area (Å²) in [5.74, 6) is 0.954. The quantitative estimate of drug-likeness (QED) is 0.641. The van der Waals surface area contributed by atoms with Gasteiger partial charge in [-0.1, -0.05) is 48.5 Å². The molecule has 0 saturated carbocycles. The van der Waals surface area contributed by atoms with Crippen LogP contribution in [-0.2, 0) is 16.0 Å². The lowest BCUT2D eigenvalue weighted by molar-refractivity contribution is -0.135. The second-order valence-corrected chi connectivity index (χ2v) is 10.7. The van der Waals surface area contributed by atoms with E-state index in [1.807, 2.05) is 45.9 Å². The summed E-state index contributed by atoms with van der Waals surface area (Å²) >= 11 is 0. The molecule has 0 fully saturated rings. The van der Waals surface area contributed by atoms with Gasteiger partial charge >= 0.3 is 0 Å². The van der Waals surface area contributed by atoms with Crippen LogP contribution in [0.15, 0.2) is 60.2 Å². The van der Waals surface area contributed by atoms with Gasteiger partial charge < -0.3 is 20.5 Å². The van der Waals surface area contributed by atoms with Gasteiger partial charge in [0.05, 0.1) is 24.6 Å². The van der Waals surface area contributed by atoms with E-state index < -0.39 is 11.1 Å². The molecule has 7 nitrogen and oxygen atoms in total. The van der Waals surface area contributed by atoms with Crippen LogP contribution in [0.4, 0.5) is 0 Å². The van der Waals surface area contributed by atoms with Crippen molar-refractivity contribution in [2.45, 2.75) is 70.2 Å². The van der Waals surface area contributed by atoms with Crippen LogP contribution in [0.1, 0.15) is 68.0 Å². The monoisotopic (exact) mass is 490 g/mol. The number of hydrogen-bond acceptors (Lipinski definition) is 6. The summed E-state index contributed by atoms with van der Waals surface area (Å²) in [5, 5.41) is 3.26. The summed E-state index contributed by atoms with van der Waals surface area (Å²) in [5.41, 5.74) is 9.97. The number of benzene rings is 2. The molecule has 2 aromatic carbocycles. The fraction of sp³-hybridized carbons (Fsp3) is 0.448. The summed E-state index contributed by atoms with van der Waals surface area (Å²) in [6.07, 6.45) is 4.49. The van der Waals surface area contributed by atoms with Gasteiger partial charge in [0.1, 0.15) is 11.8 Å². The van der Waals surface area contributed by atoms with Crippen molar-refractivity contribution < 1.29 is 14.3 Å². The van der Waals surface area contributed by atoms with Gasteiger partial charge in [0.15, 0.2) is 11.6 Å². The second kappa shape index (κ2) is 9.97. The van der Waals surface area contributed by atoms with E-state index in [4.69, 9.17) is 15.2 Å². The SMILES string of the molecule is C=CNC1CCc2ccccc21.COCC1(C)Oc2ccc(C)cc2C1N1C(=O)CC(C)(C)N=C1N. The number of ether oxygens (including phenoxy) is 2. The Labute approximate surface area is 214 Å². The highest BCUT2D eigenvalue weighted by atomic mass is 16.5. The number of nitrogens with one attached hydrogen (secondary N) is 1. The summed E-state index contributed by atoms with van der Waals surface area (Å²) in [6, 6.07) is 14.7. The minimum absolute atomic E-state index is 0.0437. The zero-order chi connectivity index (χ0) is 26.1. The maximum Gasteiger partial charge on any atom is 0.232 e. The number of carbonyl (C=O) groups is 1. The number of nitrogens with zero attached hydrogens (tertiary/aromatic N) is 2. The Hall–Kier alpha value is -3.32. The van der Waals surface area contributed by atoms with Crippen molar-refractivity contribution in [2.75, 3.05) is 13.7 Å². The number of amides is 1. The lowest BCUT2D eigenvalue weighted by Gasteiger charge is -2.41. The predicted molar refractivity (Wildman–Crippen MR) is 143 cm³/mol. The normalized spacial score (nSPS) is 25.6. The number of hydrogen-bond donors (Lipinski definition) is 2. The van der Waals surface area contributed by atoms with Crippen molar-refractivity contribution in [1.82, 2.24) is 10.2 Å². The molecule has 0 radical (unpaired) electrons. The molecule has 3 atom stereocenters. The Kier molecular flexibility index (Phi) is 7.14. The van der Waals surface area contributed by atoms with E-state index in [1.165, 1.54) is 24.0 Å². The maximum absolute atomic E-state index is 12.9. The Balaban J connectivity index is 0.000000211. The number of rotatable bonds is 5. The van der Waals surface area contributed by atoms with Crippen LogP contribution in [0, 0.1) is 6.92 Å². The van der Waals surface area contributed by atoms with Crippen LogP contribution in [0.3, 0.4) is 0 Å². The number of methoxy groups -OCH3 is 1. The number of fused-ring (bicyclic) bond motifs is 2. The van der Waals surface area contributed by atoms with E-state index in [9.17, 15) is 4.79 Å². The zero-order valence-corrected chi connectivity index (χ0v) is 22.0. The van der Waals surface area contributed by atoms with E-state index in [0.29, 0.717) is 19.1 Å². The summed E-state index contributed by atoms with van der Waals surface area (Å²) < 4.78 is 11.6. The lowest BCUT2D eigenvalue weighted by Crippen LogP contribution is -2.57. The molecule has 5 rings (SSSR count). The second-order valence-electron chi connectivity index (χ2n) is 10.7. The van der Waals surface area contributed by atoms with Crippen molar-refractivity contribution in [2.24, 2.45) is 10.7 Å². The van der Waals surface area contributed by atoms with Crippen molar-refractivity contribution in [3.05, 3.63) is 77.5 Å². The summed E-state index contributed by atoms with van der Waals surface area (Å²) in [4.78, 5) is 19.0. The van der Waals surface area contributed by atoms with Gasteiger partial charge in [0.25, 0.3) is 0 Å². The minimum Gasteiger partial charge on any atom is -0.482 e. The van der Waals surface area contributed by atoms with Gasteiger partial charge in [-0.25, -0.2) is 4.99 Å². The summed E-state index contributed by atoms with van der Waals surface area (Å²) in [7, 11) is 1.62. The standard InChI is InChI=1S/C18H25N3O3.C11H13N/c1-11-6-7-13-12(8-11)15(18(4,24-13)10-23-5)21-14(22)9-17(2,3)20-16(21)19;1-2-12-11-8-7-9-5-3-4-6-10(9)11/h6-8,15H,9-10H2,1-5H3,(H2,19,20);2-6,11-12H,1,7-8H2. The van der Waals surface area contributed by atoms with Crippen LogP contribution < -0.4 is 15.8 Å². The average molecular weight is 491 g/mol. The molecule has 2 aliphatic heterocycles. The first-order chi connectivity index (χ1) is 17.1. The van der Waals surface area contributed by atoms with E-state index in [0.717, 1.165) is 16.9 Å². The molecule has 2 heterocycles. The highest BCUT2D eigenvalue weighted by molar-refractivity contribution is 5.99. The van der Waals surface area contributed by atoms with Crippen LogP contribution in [0.5, 0.6) is 5.75 Å². The smallest absolute Gasteiger partial charge is 0.232 e. The van der Waals surface area contributed by atoms with E-state index in [-0.39, 0.29) is 17.9 Å². The third-order valence-corrected chi connectivity index (χ3v) is 7.04. The molecule has 1 aliphatic carbocycles. The lowest BCUT2D eigenvalue weighted by atomic mass is 9.89. The molecule has 3 unspecified atom stereocenters. The maximum atomic E-state index is 12.9. The first-order valence-corrected chi connectivity index (χ1v) is 12.5. The molecule has 36 heavy (non-hydrogen) atoms. The number of nitrogens with two attached hydrogens (primary N) is 1. The molecule has 7 heteroatoms. The molecule has 3 N–H and O–H groups in total. The topological polar surface area (TPSA) is 89.2 Å². The van der Waals surface area contributed by atoms with Gasteiger partial charge in [0, 0.05) is 12.7 Å². The number of aliphatic imine (C=N–C) groups is 1. The molecule has 0 bridgehead atoms. The molecule has 3 aliphatic rings. The zero-order valence-electron chi connectivity index (χ0n) is 22.0. The van der Waals surface area contributed by atoms with Gasteiger partial charge in [-0.2, -0.15) is 0 Å². The Morgan fingerprint density at radius 3 is 2.69 bits per heavy atom. The van der Waals surface area contributed by atoms with Gasteiger partial charge in [-0.05, 0) is 63.9 Å². The fourth-order valence-corrected chi connectivity index (χ4v) is 5.55. The Morgan fingerprint density at radius 2 is 2.00 bits per heavy atom. The minimum atomic E-state index is -0.720. The molecule has 0 spiro atoms. The number of guanidine groups is 1. The molecule has 1 amide bonds. The van der Waals surface area contributed by atoms with Gasteiger partial charge in [0.2, 0.25) is 5.91 Å². The van der Waals surface area contributed by atoms with Crippen LogP contribution >= 0.6 is 0 Å². The van der Waals surface area contributed by atoms with Crippen molar-refractivity contribution in [3.8, 4) is 5.75 Å². The van der Waals surface area contributed by atoms with Crippen LogP contribution in [0.25, 0.3) is 0 Å². The van der Waals surface area contributed by atoms with Crippen LogP contribution in [0.2, 0.25) is 0 Å². The Bertz CT molecular complexity index is 1170. The molecule has 0 aromatic heterocycles. The molecule has 192 valence electrons. The van der Waals surface area contributed by atoms with Crippen molar-refractivity contribution in [3.63, 3.8) is 0 Å². The highest BCUT2D eigenvalue weighted by Crippen LogP contribution is 2.48. The van der Waals surface area contributed by atoms with E-state index in [1.54, 1.807) is 18.2 Å². The average Bonchev–Trinajstić information content (AvgIpc) is 3.32. The first-order valence-electron chi connectivity index (χ1n) is 12.5. The van der Waals surface area contributed by atoms with Crippen molar-refractivity contribution >= 4 is 11.9 Å². The first kappa shape index (κ1) is 25.8. The van der Waals surface area contributed by atoms with E-state index in [2.05, 4.69) is 41.2 Å². The highest BCUT2D eigenvalue weighted by Gasteiger charge is 2.52. The third-order valence-electron chi connectivity index (χ3n) is 7.04. The van der Waals surface area contributed by atoms with Crippen molar-refractivity contribution in [1.29, 1.82) is 0 Å². The predicted octanol–water partition coefficient (Wildman–Crippen LogP) is 4.57. The van der Waals surface area contributed by atoms with Gasteiger partial charge in [-0.15, -0.1) is 0 Å². The number of carbonyl (C=O) groups excluding carboxylic acids is 1. The van der Waals surface area contributed by atoms with Gasteiger partial charge in [-0.3, -0.25) is 9.69 Å². The largest absolute Gasteiger partial charge is 0.482 e. The number of aryl methyl sites for hydroxylation is 2. The molecule has 2 aromatic rings. The fourth-order valence-electron chi connectivity index (χ4n) is 5.55.